The highest BCUT2D eigenvalue weighted by molar-refractivity contribution is 7.13. The number of benzene rings is 2. The molecule has 2 aromatic carbocycles. The number of carbonyl (C=O) groups excluding carboxylic acids is 2. The van der Waals surface area contributed by atoms with Crippen LogP contribution in [0.25, 0.3) is 0 Å². The summed E-state index contributed by atoms with van der Waals surface area (Å²) < 4.78 is 15.9. The quantitative estimate of drug-likeness (QED) is 0.212. The summed E-state index contributed by atoms with van der Waals surface area (Å²) in [6.07, 6.45) is 2.49. The normalized spacial score (nSPS) is 10.7. The summed E-state index contributed by atoms with van der Waals surface area (Å²) in [5, 5.41) is 9.36. The van der Waals surface area contributed by atoms with Crippen molar-refractivity contribution in [2.24, 2.45) is 5.10 Å². The highest BCUT2D eigenvalue weighted by atomic mass is 32.1. The zero-order chi connectivity index (χ0) is 24.9. The molecule has 0 aliphatic heterocycles. The lowest BCUT2D eigenvalue weighted by Crippen LogP contribution is -2.30. The first-order valence-electron chi connectivity index (χ1n) is 11.1. The maximum atomic E-state index is 12.1. The summed E-state index contributed by atoms with van der Waals surface area (Å²) in [5.74, 6) is 0.423. The van der Waals surface area contributed by atoms with Crippen LogP contribution in [0, 0.1) is 0 Å². The molecule has 10 heteroatoms. The number of thiazole rings is 1. The third kappa shape index (κ3) is 8.74. The number of anilines is 1. The first-order chi connectivity index (χ1) is 17.1. The van der Waals surface area contributed by atoms with Crippen LogP contribution >= 0.6 is 11.3 Å². The van der Waals surface area contributed by atoms with Crippen LogP contribution in [0.2, 0.25) is 0 Å². The molecule has 35 heavy (non-hydrogen) atoms. The fraction of sp³-hybridized carbons (Fsp3) is 0.280. The van der Waals surface area contributed by atoms with Gasteiger partial charge in [-0.05, 0) is 42.7 Å². The van der Waals surface area contributed by atoms with Crippen molar-refractivity contribution >= 4 is 34.6 Å². The number of esters is 1. The van der Waals surface area contributed by atoms with Gasteiger partial charge in [0.15, 0.2) is 18.1 Å². The number of ether oxygens (including phenoxy) is 3. The average Bonchev–Trinajstić information content (AvgIpc) is 3.30. The Morgan fingerprint density at radius 2 is 1.97 bits per heavy atom. The summed E-state index contributed by atoms with van der Waals surface area (Å²) in [5.41, 5.74) is 5.39. The Labute approximate surface area is 208 Å². The van der Waals surface area contributed by atoms with Crippen molar-refractivity contribution in [2.45, 2.75) is 19.8 Å². The van der Waals surface area contributed by atoms with Crippen molar-refractivity contribution in [2.75, 3.05) is 32.3 Å². The molecule has 0 fully saturated rings. The number of methoxy groups -OCH3 is 1. The largest absolute Gasteiger partial charge is 0.493 e. The van der Waals surface area contributed by atoms with E-state index in [9.17, 15) is 9.59 Å². The molecule has 0 radical (unpaired) electrons. The third-order valence-corrected chi connectivity index (χ3v) is 5.48. The van der Waals surface area contributed by atoms with Crippen LogP contribution in [-0.4, -0.2) is 49.9 Å². The van der Waals surface area contributed by atoms with E-state index in [4.69, 9.17) is 14.2 Å². The first kappa shape index (κ1) is 25.7. The predicted molar refractivity (Wildman–Crippen MR) is 135 cm³/mol. The van der Waals surface area contributed by atoms with E-state index in [0.29, 0.717) is 35.5 Å². The smallest absolute Gasteiger partial charge is 0.311 e. The minimum atomic E-state index is -0.313. The molecule has 2 N–H and O–H groups in total. The maximum Gasteiger partial charge on any atom is 0.311 e. The Hall–Kier alpha value is -3.92. The Bertz CT molecular complexity index is 1130. The van der Waals surface area contributed by atoms with Crippen LogP contribution in [0.1, 0.15) is 23.7 Å². The standard InChI is InChI=1S/C25H28N4O5S/c1-3-33-24(31)14-20-17-35-25(28-20)29-27-15-19-9-10-21(22(13-19)32-2)34-16-23(30)26-12-11-18-7-5-4-6-8-18/h4-10,13,15,17H,3,11-12,14,16H2,1-2H3,(H,26,30)(H,28,29). The van der Waals surface area contributed by atoms with Crippen LogP contribution < -0.4 is 20.2 Å². The highest BCUT2D eigenvalue weighted by Gasteiger charge is 2.09. The molecule has 9 nitrogen and oxygen atoms in total. The van der Waals surface area contributed by atoms with Crippen molar-refractivity contribution in [3.8, 4) is 11.5 Å². The van der Waals surface area contributed by atoms with Gasteiger partial charge < -0.3 is 19.5 Å². The van der Waals surface area contributed by atoms with Gasteiger partial charge in [-0.3, -0.25) is 15.0 Å². The number of amides is 1. The Balaban J connectivity index is 1.46. The number of nitrogens with zero attached hydrogens (tertiary/aromatic N) is 2. The van der Waals surface area contributed by atoms with Crippen LogP contribution in [0.5, 0.6) is 11.5 Å². The van der Waals surface area contributed by atoms with E-state index < -0.39 is 0 Å². The molecule has 184 valence electrons. The number of aromatic nitrogens is 1. The lowest BCUT2D eigenvalue weighted by molar-refractivity contribution is -0.142. The van der Waals surface area contributed by atoms with E-state index in [-0.39, 0.29) is 24.9 Å². The lowest BCUT2D eigenvalue weighted by atomic mass is 10.1. The zero-order valence-electron chi connectivity index (χ0n) is 19.7. The number of hydrogen-bond donors (Lipinski definition) is 2. The predicted octanol–water partition coefficient (Wildman–Crippen LogP) is 3.44. The number of nitrogens with one attached hydrogen (secondary N) is 2. The van der Waals surface area contributed by atoms with Gasteiger partial charge in [0.1, 0.15) is 0 Å². The lowest BCUT2D eigenvalue weighted by Gasteiger charge is -2.11. The van der Waals surface area contributed by atoms with Crippen LogP contribution in [-0.2, 0) is 27.2 Å². The van der Waals surface area contributed by atoms with E-state index in [0.717, 1.165) is 17.5 Å². The molecule has 3 rings (SSSR count). The van der Waals surface area contributed by atoms with E-state index in [1.807, 2.05) is 30.3 Å². The molecule has 0 saturated carbocycles. The molecule has 0 aliphatic rings. The summed E-state index contributed by atoms with van der Waals surface area (Å²) in [6.45, 7) is 2.53. The molecular weight excluding hydrogens is 468 g/mol. The molecule has 0 saturated heterocycles. The van der Waals surface area contributed by atoms with E-state index in [2.05, 4.69) is 20.8 Å². The van der Waals surface area contributed by atoms with Gasteiger partial charge in [0.2, 0.25) is 5.13 Å². The minimum Gasteiger partial charge on any atom is -0.493 e. The average molecular weight is 497 g/mol. The number of rotatable bonds is 13. The van der Waals surface area contributed by atoms with E-state index in [1.165, 1.54) is 18.4 Å². The SMILES string of the molecule is CCOC(=O)Cc1csc(NN=Cc2ccc(OCC(=O)NCCc3ccccc3)c(OC)c2)n1. The second kappa shape index (κ2) is 13.7. The summed E-state index contributed by atoms with van der Waals surface area (Å²) in [4.78, 5) is 27.9. The molecule has 0 bridgehead atoms. The topological polar surface area (TPSA) is 111 Å². The van der Waals surface area contributed by atoms with Crippen molar-refractivity contribution in [1.29, 1.82) is 0 Å². The summed E-state index contributed by atoms with van der Waals surface area (Å²) >= 11 is 1.34. The second-order valence-electron chi connectivity index (χ2n) is 7.28. The molecule has 1 heterocycles. The molecule has 0 spiro atoms. The minimum absolute atomic E-state index is 0.113. The van der Waals surface area contributed by atoms with Gasteiger partial charge in [-0.1, -0.05) is 30.3 Å². The molecule has 3 aromatic rings. The Morgan fingerprint density at radius 3 is 2.74 bits per heavy atom. The first-order valence-corrected chi connectivity index (χ1v) is 12.0. The van der Waals surface area contributed by atoms with Crippen molar-refractivity contribution in [3.63, 3.8) is 0 Å². The van der Waals surface area contributed by atoms with Crippen LogP contribution in [0.4, 0.5) is 5.13 Å². The van der Waals surface area contributed by atoms with Crippen LogP contribution in [0.15, 0.2) is 59.0 Å². The third-order valence-electron chi connectivity index (χ3n) is 4.68. The molecule has 0 atom stereocenters. The fourth-order valence-corrected chi connectivity index (χ4v) is 3.69. The fourth-order valence-electron chi connectivity index (χ4n) is 3.03. The van der Waals surface area contributed by atoms with Gasteiger partial charge in [0.25, 0.3) is 5.91 Å². The summed E-state index contributed by atoms with van der Waals surface area (Å²) in [6, 6.07) is 15.2. The van der Waals surface area contributed by atoms with Crippen molar-refractivity contribution in [3.05, 3.63) is 70.7 Å². The van der Waals surface area contributed by atoms with Gasteiger partial charge in [0, 0.05) is 11.9 Å². The molecular formula is C25H28N4O5S. The zero-order valence-corrected chi connectivity index (χ0v) is 20.5. The summed E-state index contributed by atoms with van der Waals surface area (Å²) in [7, 11) is 1.53. The molecule has 1 amide bonds. The van der Waals surface area contributed by atoms with Crippen molar-refractivity contribution in [1.82, 2.24) is 10.3 Å². The van der Waals surface area contributed by atoms with Gasteiger partial charge in [-0.15, -0.1) is 11.3 Å². The van der Waals surface area contributed by atoms with Gasteiger partial charge >= 0.3 is 5.97 Å². The Morgan fingerprint density at radius 1 is 1.14 bits per heavy atom. The number of hydrazone groups is 1. The molecule has 0 aliphatic carbocycles. The second-order valence-corrected chi connectivity index (χ2v) is 8.14. The molecule has 0 unspecified atom stereocenters. The van der Waals surface area contributed by atoms with Gasteiger partial charge in [0.05, 0.1) is 32.0 Å². The van der Waals surface area contributed by atoms with E-state index in [1.54, 1.807) is 36.7 Å². The number of hydrogen-bond acceptors (Lipinski definition) is 9. The number of carbonyl (C=O) groups is 2. The highest BCUT2D eigenvalue weighted by Crippen LogP contribution is 2.27. The molecule has 1 aromatic heterocycles. The van der Waals surface area contributed by atoms with Gasteiger partial charge in [-0.2, -0.15) is 5.10 Å². The van der Waals surface area contributed by atoms with Crippen molar-refractivity contribution < 1.29 is 23.8 Å². The Kier molecular flexibility index (Phi) is 10.1. The monoisotopic (exact) mass is 496 g/mol. The van der Waals surface area contributed by atoms with Crippen LogP contribution in [0.3, 0.4) is 0 Å². The maximum absolute atomic E-state index is 12.1. The van der Waals surface area contributed by atoms with Gasteiger partial charge in [-0.25, -0.2) is 4.98 Å². The van der Waals surface area contributed by atoms with E-state index >= 15 is 0 Å².